The van der Waals surface area contributed by atoms with E-state index in [1.807, 2.05) is 0 Å². The third-order valence-electron chi connectivity index (χ3n) is 4.15. The molecule has 0 unspecified atom stereocenters. The largest absolute Gasteiger partial charge is 0.497 e. The maximum Gasteiger partial charge on any atom is 0.316 e. The Morgan fingerprint density at radius 1 is 1.09 bits per heavy atom. The number of rotatable bonds is 10. The molecule has 0 aliphatic heterocycles. The number of methoxy groups -OCH3 is 2. The molecular weight excluding hydrogens is 488 g/mol. The van der Waals surface area contributed by atoms with Gasteiger partial charge < -0.3 is 9.47 Å². The van der Waals surface area contributed by atoms with Crippen LogP contribution in [-0.2, 0) is 24.3 Å². The number of hydrogen-bond acceptors (Lipinski definition) is 10. The van der Waals surface area contributed by atoms with Gasteiger partial charge in [-0.15, -0.1) is 10.2 Å². The van der Waals surface area contributed by atoms with E-state index < -0.39 is 28.4 Å². The summed E-state index contributed by atoms with van der Waals surface area (Å²) in [4.78, 5) is 24.1. The van der Waals surface area contributed by atoms with Crippen LogP contribution in [0.5, 0.6) is 5.75 Å². The Hall–Kier alpha value is -3.16. The minimum Gasteiger partial charge on any atom is -0.497 e. The van der Waals surface area contributed by atoms with Crippen LogP contribution >= 0.6 is 23.1 Å². The molecule has 0 fully saturated rings. The standard InChI is InChI=1S/C20H20N4O6S3/c1-29-15-8-6-7-14(11-15)24(33(27,28)16-9-4-3-5-10-16)12-17(25)21-19-22-23-20(32-19)31-13-18(26)30-2/h3-11H,12-13H2,1-2H3,(H,21,22,25). The first-order valence-corrected chi connectivity index (χ1v) is 12.6. The number of thioether (sulfide) groups is 1. The Morgan fingerprint density at radius 2 is 1.85 bits per heavy atom. The van der Waals surface area contributed by atoms with E-state index in [1.54, 1.807) is 36.4 Å². The number of nitrogens with zero attached hydrogens (tertiary/aromatic N) is 3. The number of nitrogens with one attached hydrogen (secondary N) is 1. The quantitative estimate of drug-likeness (QED) is 0.250. The summed E-state index contributed by atoms with van der Waals surface area (Å²) in [6.07, 6.45) is 0. The highest BCUT2D eigenvalue weighted by Gasteiger charge is 2.28. The number of aromatic nitrogens is 2. The molecular formula is C20H20N4O6S3. The van der Waals surface area contributed by atoms with Crippen molar-refractivity contribution in [2.24, 2.45) is 0 Å². The first-order chi connectivity index (χ1) is 15.8. The predicted molar refractivity (Wildman–Crippen MR) is 125 cm³/mol. The van der Waals surface area contributed by atoms with Gasteiger partial charge in [0, 0.05) is 6.07 Å². The van der Waals surface area contributed by atoms with Crippen molar-refractivity contribution in [2.45, 2.75) is 9.24 Å². The molecule has 174 valence electrons. The van der Waals surface area contributed by atoms with Crippen LogP contribution in [0.15, 0.2) is 63.8 Å². The molecule has 0 saturated carbocycles. The second-order valence-electron chi connectivity index (χ2n) is 6.31. The van der Waals surface area contributed by atoms with Gasteiger partial charge in [-0.05, 0) is 24.3 Å². The average Bonchev–Trinajstić information content (AvgIpc) is 3.28. The van der Waals surface area contributed by atoms with E-state index in [9.17, 15) is 18.0 Å². The minimum atomic E-state index is -4.05. The summed E-state index contributed by atoms with van der Waals surface area (Å²) in [6.45, 7) is -0.505. The minimum absolute atomic E-state index is 0.0398. The van der Waals surface area contributed by atoms with Crippen molar-refractivity contribution in [1.82, 2.24) is 10.2 Å². The molecule has 0 atom stereocenters. The van der Waals surface area contributed by atoms with E-state index in [-0.39, 0.29) is 21.5 Å². The van der Waals surface area contributed by atoms with Gasteiger partial charge >= 0.3 is 5.97 Å². The highest BCUT2D eigenvalue weighted by molar-refractivity contribution is 8.01. The summed E-state index contributed by atoms with van der Waals surface area (Å²) in [7, 11) is -1.30. The first kappa shape index (κ1) is 24.5. The summed E-state index contributed by atoms with van der Waals surface area (Å²) in [5.41, 5.74) is 0.264. The lowest BCUT2D eigenvalue weighted by atomic mass is 10.3. The van der Waals surface area contributed by atoms with E-state index in [0.717, 1.165) is 27.4 Å². The molecule has 0 aliphatic rings. The Labute approximate surface area is 199 Å². The van der Waals surface area contributed by atoms with Crippen LogP contribution in [0.1, 0.15) is 0 Å². The predicted octanol–water partition coefficient (Wildman–Crippen LogP) is 2.65. The molecule has 1 amide bonds. The lowest BCUT2D eigenvalue weighted by molar-refractivity contribution is -0.137. The molecule has 2 aromatic carbocycles. The normalized spacial score (nSPS) is 11.0. The van der Waals surface area contributed by atoms with Crippen molar-refractivity contribution in [1.29, 1.82) is 0 Å². The molecule has 3 aromatic rings. The lowest BCUT2D eigenvalue weighted by Gasteiger charge is -2.24. The van der Waals surface area contributed by atoms with Crippen LogP contribution < -0.4 is 14.4 Å². The average molecular weight is 509 g/mol. The third kappa shape index (κ3) is 6.43. The van der Waals surface area contributed by atoms with Gasteiger partial charge in [-0.3, -0.25) is 19.2 Å². The van der Waals surface area contributed by atoms with Crippen molar-refractivity contribution < 1.29 is 27.5 Å². The molecule has 0 spiro atoms. The Kier molecular flexibility index (Phi) is 8.25. The molecule has 1 N–H and O–H groups in total. The van der Waals surface area contributed by atoms with Crippen LogP contribution in [0.25, 0.3) is 0 Å². The second-order valence-corrected chi connectivity index (χ2v) is 10.4. The summed E-state index contributed by atoms with van der Waals surface area (Å²) in [5, 5.41) is 10.5. The molecule has 3 rings (SSSR count). The summed E-state index contributed by atoms with van der Waals surface area (Å²) in [5.74, 6) is -0.533. The van der Waals surface area contributed by atoms with Gasteiger partial charge in [-0.25, -0.2) is 8.42 Å². The van der Waals surface area contributed by atoms with Crippen LogP contribution in [-0.4, -0.2) is 57.0 Å². The maximum atomic E-state index is 13.3. The fraction of sp³-hybridized carbons (Fsp3) is 0.200. The molecule has 0 bridgehead atoms. The summed E-state index contributed by atoms with van der Waals surface area (Å²) >= 11 is 2.18. The summed E-state index contributed by atoms with van der Waals surface area (Å²) < 4.78 is 37.9. The van der Waals surface area contributed by atoms with E-state index in [1.165, 1.54) is 32.4 Å². The lowest BCUT2D eigenvalue weighted by Crippen LogP contribution is -2.38. The van der Waals surface area contributed by atoms with E-state index in [4.69, 9.17) is 4.74 Å². The van der Waals surface area contributed by atoms with Gasteiger partial charge in [0.15, 0.2) is 4.34 Å². The molecule has 33 heavy (non-hydrogen) atoms. The zero-order chi connectivity index (χ0) is 23.8. The molecule has 1 heterocycles. The third-order valence-corrected chi connectivity index (χ3v) is 7.89. The fourth-order valence-corrected chi connectivity index (χ4v) is 5.62. The number of sulfonamides is 1. The van der Waals surface area contributed by atoms with Crippen LogP contribution in [0.3, 0.4) is 0 Å². The highest BCUT2D eigenvalue weighted by atomic mass is 32.2. The fourth-order valence-electron chi connectivity index (χ4n) is 2.59. The SMILES string of the molecule is COC(=O)CSc1nnc(NC(=O)CN(c2cccc(OC)c2)S(=O)(=O)c2ccccc2)s1. The number of esters is 1. The van der Waals surface area contributed by atoms with Gasteiger partial charge in [-0.2, -0.15) is 0 Å². The number of benzene rings is 2. The Morgan fingerprint density at radius 3 is 2.55 bits per heavy atom. The zero-order valence-corrected chi connectivity index (χ0v) is 20.1. The monoisotopic (exact) mass is 508 g/mol. The second kappa shape index (κ2) is 11.1. The molecule has 0 saturated heterocycles. The van der Waals surface area contributed by atoms with Gasteiger partial charge in [0.05, 0.1) is 30.6 Å². The molecule has 10 nitrogen and oxygen atoms in total. The van der Waals surface area contributed by atoms with E-state index >= 15 is 0 Å². The number of hydrogen-bond donors (Lipinski definition) is 1. The molecule has 13 heteroatoms. The number of amides is 1. The Balaban J connectivity index is 1.81. The number of ether oxygens (including phenoxy) is 2. The smallest absolute Gasteiger partial charge is 0.316 e. The highest BCUT2D eigenvalue weighted by Crippen LogP contribution is 2.28. The van der Waals surface area contributed by atoms with Crippen molar-refractivity contribution >= 4 is 55.8 Å². The van der Waals surface area contributed by atoms with Crippen LogP contribution in [0.4, 0.5) is 10.8 Å². The molecule has 1 aromatic heterocycles. The van der Waals surface area contributed by atoms with Crippen molar-refractivity contribution in [2.75, 3.05) is 36.1 Å². The van der Waals surface area contributed by atoms with Crippen LogP contribution in [0.2, 0.25) is 0 Å². The van der Waals surface area contributed by atoms with E-state index in [0.29, 0.717) is 10.1 Å². The van der Waals surface area contributed by atoms with Gasteiger partial charge in [0.25, 0.3) is 10.0 Å². The topological polar surface area (TPSA) is 128 Å². The first-order valence-electron chi connectivity index (χ1n) is 9.38. The molecule has 0 aliphatic carbocycles. The van der Waals surface area contributed by atoms with Gasteiger partial charge in [0.2, 0.25) is 11.0 Å². The van der Waals surface area contributed by atoms with Gasteiger partial charge in [-0.1, -0.05) is 47.4 Å². The number of anilines is 2. The van der Waals surface area contributed by atoms with Gasteiger partial charge in [0.1, 0.15) is 12.3 Å². The van der Waals surface area contributed by atoms with Crippen molar-refractivity contribution in [3.05, 3.63) is 54.6 Å². The van der Waals surface area contributed by atoms with Crippen molar-refractivity contribution in [3.63, 3.8) is 0 Å². The van der Waals surface area contributed by atoms with E-state index in [2.05, 4.69) is 20.3 Å². The maximum absolute atomic E-state index is 13.3. The summed E-state index contributed by atoms with van der Waals surface area (Å²) in [6, 6.07) is 14.2. The Bertz CT molecular complexity index is 1220. The zero-order valence-electron chi connectivity index (χ0n) is 17.6. The van der Waals surface area contributed by atoms with Crippen molar-refractivity contribution in [3.8, 4) is 5.75 Å². The number of carbonyl (C=O) groups is 2. The van der Waals surface area contributed by atoms with Crippen LogP contribution in [0, 0.1) is 0 Å². The number of carbonyl (C=O) groups excluding carboxylic acids is 2. The molecule has 0 radical (unpaired) electrons.